The van der Waals surface area contributed by atoms with Crippen LogP contribution in [-0.4, -0.2) is 40.8 Å². The molecule has 6 heteroatoms. The number of esters is 1. The van der Waals surface area contributed by atoms with E-state index in [0.29, 0.717) is 11.1 Å². The molecular formula is C22H16N2O4. The Hall–Kier alpha value is -3.80. The number of benzene rings is 2. The number of rotatable bonds is 5. The number of para-hydroxylation sites is 1. The van der Waals surface area contributed by atoms with Gasteiger partial charge in [0, 0.05) is 23.2 Å². The number of aromatic nitrogens is 1. The van der Waals surface area contributed by atoms with Gasteiger partial charge in [-0.05, 0) is 24.3 Å². The Morgan fingerprint density at radius 1 is 0.964 bits per heavy atom. The van der Waals surface area contributed by atoms with Crippen molar-refractivity contribution in [3.63, 3.8) is 0 Å². The summed E-state index contributed by atoms with van der Waals surface area (Å²) in [6, 6.07) is 16.1. The molecular weight excluding hydrogens is 356 g/mol. The lowest BCUT2D eigenvalue weighted by molar-refractivity contribution is -0.137. The largest absolute Gasteiger partial charge is 0.461 e. The van der Waals surface area contributed by atoms with Gasteiger partial charge in [0.1, 0.15) is 6.61 Å². The van der Waals surface area contributed by atoms with E-state index in [1.165, 1.54) is 6.08 Å². The normalized spacial score (nSPS) is 13.4. The number of nitrogens with zero attached hydrogens (tertiary/aromatic N) is 2. The minimum atomic E-state index is -0.551. The molecule has 1 aliphatic heterocycles. The molecule has 0 spiro atoms. The van der Waals surface area contributed by atoms with Crippen molar-refractivity contribution in [2.75, 3.05) is 13.2 Å². The van der Waals surface area contributed by atoms with Crippen molar-refractivity contribution in [2.45, 2.75) is 0 Å². The van der Waals surface area contributed by atoms with Gasteiger partial charge < -0.3 is 4.74 Å². The predicted molar refractivity (Wildman–Crippen MR) is 104 cm³/mol. The second-order valence-electron chi connectivity index (χ2n) is 6.23. The van der Waals surface area contributed by atoms with Crippen LogP contribution in [0.5, 0.6) is 0 Å². The molecule has 28 heavy (non-hydrogen) atoms. The molecule has 0 fully saturated rings. The van der Waals surface area contributed by atoms with Gasteiger partial charge in [0.05, 0.1) is 23.2 Å². The van der Waals surface area contributed by atoms with Gasteiger partial charge in [-0.15, -0.1) is 0 Å². The summed E-state index contributed by atoms with van der Waals surface area (Å²) in [5.74, 6) is -1.28. The summed E-state index contributed by atoms with van der Waals surface area (Å²) in [7, 11) is 0. The molecule has 0 aliphatic carbocycles. The lowest BCUT2D eigenvalue weighted by Crippen LogP contribution is -2.33. The molecule has 1 aromatic heterocycles. The first-order chi connectivity index (χ1) is 13.6. The zero-order chi connectivity index (χ0) is 19.5. The molecule has 0 radical (unpaired) electrons. The maximum Gasteiger partial charge on any atom is 0.330 e. The Balaban J connectivity index is 1.36. The molecule has 0 N–H and O–H groups in total. The van der Waals surface area contributed by atoms with Crippen molar-refractivity contribution in [3.8, 4) is 0 Å². The van der Waals surface area contributed by atoms with Crippen LogP contribution in [0.1, 0.15) is 26.3 Å². The molecule has 0 bridgehead atoms. The highest BCUT2D eigenvalue weighted by Crippen LogP contribution is 2.22. The van der Waals surface area contributed by atoms with E-state index in [1.54, 1.807) is 36.5 Å². The zero-order valence-corrected chi connectivity index (χ0v) is 14.9. The molecule has 138 valence electrons. The third-order valence-electron chi connectivity index (χ3n) is 4.50. The average Bonchev–Trinajstić information content (AvgIpc) is 2.97. The van der Waals surface area contributed by atoms with E-state index < -0.39 is 5.97 Å². The third-order valence-corrected chi connectivity index (χ3v) is 4.50. The van der Waals surface area contributed by atoms with Crippen molar-refractivity contribution in [2.24, 2.45) is 0 Å². The molecule has 0 unspecified atom stereocenters. The Labute approximate surface area is 161 Å². The second-order valence-corrected chi connectivity index (χ2v) is 6.23. The number of pyridine rings is 1. The first-order valence-corrected chi connectivity index (χ1v) is 8.79. The van der Waals surface area contributed by atoms with Crippen LogP contribution in [-0.2, 0) is 9.53 Å². The van der Waals surface area contributed by atoms with Gasteiger partial charge in [-0.1, -0.05) is 36.4 Å². The van der Waals surface area contributed by atoms with Crippen LogP contribution in [0.25, 0.3) is 17.0 Å². The molecule has 3 aromatic rings. The number of carbonyl (C=O) groups is 3. The molecule has 4 rings (SSSR count). The summed E-state index contributed by atoms with van der Waals surface area (Å²) in [5.41, 5.74) is 2.35. The van der Waals surface area contributed by atoms with Crippen LogP contribution in [0, 0.1) is 0 Å². The van der Waals surface area contributed by atoms with Crippen LogP contribution >= 0.6 is 0 Å². The number of hydrogen-bond donors (Lipinski definition) is 0. The Morgan fingerprint density at radius 3 is 2.43 bits per heavy atom. The third kappa shape index (κ3) is 3.27. The molecule has 6 nitrogen and oxygen atoms in total. The summed E-state index contributed by atoms with van der Waals surface area (Å²) < 4.78 is 5.14. The summed E-state index contributed by atoms with van der Waals surface area (Å²) in [6.07, 6.45) is 4.64. The fraction of sp³-hybridized carbons (Fsp3) is 0.0909. The minimum absolute atomic E-state index is 0.0156. The lowest BCUT2D eigenvalue weighted by atomic mass is 10.1. The summed E-state index contributed by atoms with van der Waals surface area (Å²) in [4.78, 5) is 41.9. The van der Waals surface area contributed by atoms with Gasteiger partial charge >= 0.3 is 5.97 Å². The van der Waals surface area contributed by atoms with E-state index >= 15 is 0 Å². The van der Waals surface area contributed by atoms with Gasteiger partial charge in [0.2, 0.25) is 0 Å². The smallest absolute Gasteiger partial charge is 0.330 e. The number of carbonyl (C=O) groups excluding carboxylic acids is 3. The van der Waals surface area contributed by atoms with Gasteiger partial charge in [0.25, 0.3) is 11.8 Å². The van der Waals surface area contributed by atoms with E-state index in [4.69, 9.17) is 4.74 Å². The summed E-state index contributed by atoms with van der Waals surface area (Å²) >= 11 is 0. The lowest BCUT2D eigenvalue weighted by Gasteiger charge is -2.13. The highest BCUT2D eigenvalue weighted by Gasteiger charge is 2.34. The van der Waals surface area contributed by atoms with Crippen molar-refractivity contribution in [1.82, 2.24) is 9.88 Å². The van der Waals surface area contributed by atoms with Crippen molar-refractivity contribution < 1.29 is 19.1 Å². The number of imide groups is 1. The fourth-order valence-electron chi connectivity index (χ4n) is 3.15. The monoisotopic (exact) mass is 372 g/mol. The molecule has 0 saturated carbocycles. The zero-order valence-electron chi connectivity index (χ0n) is 14.9. The Morgan fingerprint density at radius 2 is 1.68 bits per heavy atom. The van der Waals surface area contributed by atoms with Crippen LogP contribution in [0.2, 0.25) is 0 Å². The Bertz CT molecular complexity index is 1080. The van der Waals surface area contributed by atoms with E-state index in [-0.39, 0.29) is 25.0 Å². The second kappa shape index (κ2) is 7.44. The fourth-order valence-corrected chi connectivity index (χ4v) is 3.15. The molecule has 1 aliphatic rings. The summed E-state index contributed by atoms with van der Waals surface area (Å²) in [5, 5.41) is 0.976. The van der Waals surface area contributed by atoms with Gasteiger partial charge in [-0.3, -0.25) is 19.5 Å². The molecule has 0 saturated heterocycles. The topological polar surface area (TPSA) is 76.6 Å². The van der Waals surface area contributed by atoms with Crippen molar-refractivity contribution in [1.29, 1.82) is 0 Å². The van der Waals surface area contributed by atoms with E-state index in [1.807, 2.05) is 30.3 Å². The molecule has 2 heterocycles. The predicted octanol–water partition coefficient (Wildman–Crippen LogP) is 3.09. The van der Waals surface area contributed by atoms with Crippen LogP contribution < -0.4 is 0 Å². The number of amides is 2. The highest BCUT2D eigenvalue weighted by atomic mass is 16.5. The van der Waals surface area contributed by atoms with Crippen LogP contribution in [0.4, 0.5) is 0 Å². The summed E-state index contributed by atoms with van der Waals surface area (Å²) in [6.45, 7) is -0.0514. The average molecular weight is 372 g/mol. The van der Waals surface area contributed by atoms with Crippen molar-refractivity contribution >= 4 is 34.8 Å². The number of fused-ring (bicyclic) bond motifs is 2. The SMILES string of the molecule is O=C(/C=C/c1cccc2cccnc12)OCCN1C(=O)c2ccccc2C1=O. The van der Waals surface area contributed by atoms with Crippen LogP contribution in [0.15, 0.2) is 66.9 Å². The van der Waals surface area contributed by atoms with E-state index in [0.717, 1.165) is 21.4 Å². The van der Waals surface area contributed by atoms with Gasteiger partial charge in [0.15, 0.2) is 0 Å². The maximum absolute atomic E-state index is 12.3. The highest BCUT2D eigenvalue weighted by molar-refractivity contribution is 6.21. The number of hydrogen-bond acceptors (Lipinski definition) is 5. The maximum atomic E-state index is 12.3. The van der Waals surface area contributed by atoms with E-state index in [9.17, 15) is 14.4 Å². The number of ether oxygens (including phenoxy) is 1. The van der Waals surface area contributed by atoms with E-state index in [2.05, 4.69) is 4.98 Å². The van der Waals surface area contributed by atoms with Gasteiger partial charge in [-0.2, -0.15) is 0 Å². The standard InChI is InChI=1S/C22H16N2O4/c25-19(11-10-16-6-3-5-15-7-4-12-23-20(15)16)28-14-13-24-21(26)17-8-1-2-9-18(17)22(24)27/h1-12H,13-14H2/b11-10+. The van der Waals surface area contributed by atoms with Crippen LogP contribution in [0.3, 0.4) is 0 Å². The first kappa shape index (κ1) is 17.6. The molecule has 2 aromatic carbocycles. The molecule has 0 atom stereocenters. The minimum Gasteiger partial charge on any atom is -0.461 e. The van der Waals surface area contributed by atoms with Crippen molar-refractivity contribution in [3.05, 3.63) is 83.6 Å². The molecule has 2 amide bonds. The van der Waals surface area contributed by atoms with Gasteiger partial charge in [-0.25, -0.2) is 4.79 Å². The quantitative estimate of drug-likeness (QED) is 0.391. The Kier molecular flexibility index (Phi) is 4.68. The first-order valence-electron chi connectivity index (χ1n) is 8.79.